The highest BCUT2D eigenvalue weighted by Gasteiger charge is 2.20. The van der Waals surface area contributed by atoms with Crippen molar-refractivity contribution in [2.45, 2.75) is 32.0 Å². The number of amides is 1. The normalized spacial score (nSPS) is 12.2. The molecule has 1 aromatic rings. The van der Waals surface area contributed by atoms with Gasteiger partial charge in [-0.3, -0.25) is 14.9 Å². The fourth-order valence-corrected chi connectivity index (χ4v) is 2.79. The van der Waals surface area contributed by atoms with Crippen molar-refractivity contribution in [3.05, 3.63) is 39.4 Å². The van der Waals surface area contributed by atoms with Gasteiger partial charge in [-0.05, 0) is 30.9 Å². The van der Waals surface area contributed by atoms with E-state index in [-0.39, 0.29) is 16.1 Å². The van der Waals surface area contributed by atoms with Crippen LogP contribution in [0.4, 0.5) is 5.69 Å². The summed E-state index contributed by atoms with van der Waals surface area (Å²) in [5.41, 5.74) is 0.764. The summed E-state index contributed by atoms with van der Waals surface area (Å²) in [6.45, 7) is 6.44. The van der Waals surface area contributed by atoms with Crippen LogP contribution in [0, 0.1) is 23.0 Å². The number of nitro groups is 1. The Kier molecular flexibility index (Phi) is 6.13. The number of halogens is 1. The highest BCUT2D eigenvalue weighted by Crippen LogP contribution is 2.20. The average Bonchev–Trinajstić information content (AvgIpc) is 2.34. The van der Waals surface area contributed by atoms with Gasteiger partial charge in [0.25, 0.3) is 11.6 Å². The number of rotatable bonds is 6. The molecule has 0 spiro atoms. The van der Waals surface area contributed by atoms with E-state index < -0.39 is 10.8 Å². The van der Waals surface area contributed by atoms with Crippen LogP contribution in [0.5, 0.6) is 0 Å². The first-order valence-electron chi connectivity index (χ1n) is 6.48. The molecule has 0 aliphatic carbocycles. The minimum Gasteiger partial charge on any atom is -0.351 e. The van der Waals surface area contributed by atoms with E-state index in [9.17, 15) is 14.9 Å². The van der Waals surface area contributed by atoms with Crippen molar-refractivity contribution >= 4 is 27.5 Å². The summed E-state index contributed by atoms with van der Waals surface area (Å²) in [7, 11) is 0. The number of nitro benzene ring substituents is 1. The molecule has 1 N–H and O–H groups in total. The van der Waals surface area contributed by atoms with Crippen LogP contribution < -0.4 is 5.32 Å². The molecule has 1 amide bonds. The number of benzene rings is 1. The van der Waals surface area contributed by atoms with Crippen LogP contribution in [-0.2, 0) is 0 Å². The molecule has 5 nitrogen and oxygen atoms in total. The number of carbonyl (C=O) groups excluding carboxylic acids is 1. The topological polar surface area (TPSA) is 72.2 Å². The van der Waals surface area contributed by atoms with E-state index in [1.807, 2.05) is 0 Å². The second kappa shape index (κ2) is 7.38. The third kappa shape index (κ3) is 4.92. The highest BCUT2D eigenvalue weighted by molar-refractivity contribution is 9.09. The lowest BCUT2D eigenvalue weighted by molar-refractivity contribution is -0.385. The summed E-state index contributed by atoms with van der Waals surface area (Å²) >= 11 is 3.49. The molecule has 0 aliphatic rings. The largest absolute Gasteiger partial charge is 0.351 e. The lowest BCUT2D eigenvalue weighted by atomic mass is 10.1. The van der Waals surface area contributed by atoms with Crippen molar-refractivity contribution in [1.29, 1.82) is 0 Å². The van der Waals surface area contributed by atoms with Gasteiger partial charge in [-0.1, -0.05) is 35.8 Å². The molecule has 0 heterocycles. The van der Waals surface area contributed by atoms with Gasteiger partial charge >= 0.3 is 0 Å². The van der Waals surface area contributed by atoms with Gasteiger partial charge in [0.1, 0.15) is 5.56 Å². The lowest BCUT2D eigenvalue weighted by Crippen LogP contribution is -2.30. The van der Waals surface area contributed by atoms with Crippen LogP contribution in [0.2, 0.25) is 0 Å². The Bertz CT molecular complexity index is 503. The quantitative estimate of drug-likeness (QED) is 0.489. The SMILES string of the molecule is Cc1ccc([N+](=O)[O-])c(C(=O)NCC(Br)CC(C)C)c1. The number of aryl methyl sites for hydroxylation is 1. The molecule has 0 bridgehead atoms. The third-order valence-corrected chi connectivity index (χ3v) is 3.50. The Balaban J connectivity index is 2.77. The molecular formula is C14H19BrN2O3. The number of hydrogen-bond donors (Lipinski definition) is 1. The highest BCUT2D eigenvalue weighted by atomic mass is 79.9. The zero-order chi connectivity index (χ0) is 15.3. The van der Waals surface area contributed by atoms with Crippen LogP contribution in [0.15, 0.2) is 18.2 Å². The fourth-order valence-electron chi connectivity index (χ4n) is 1.88. The van der Waals surface area contributed by atoms with E-state index in [1.54, 1.807) is 19.1 Å². The number of carbonyl (C=O) groups is 1. The van der Waals surface area contributed by atoms with Crippen LogP contribution in [0.3, 0.4) is 0 Å². The van der Waals surface area contributed by atoms with E-state index >= 15 is 0 Å². The van der Waals surface area contributed by atoms with Gasteiger partial charge in [0.15, 0.2) is 0 Å². The zero-order valence-corrected chi connectivity index (χ0v) is 13.4. The second-order valence-corrected chi connectivity index (χ2v) is 6.51. The summed E-state index contributed by atoms with van der Waals surface area (Å²) in [5, 5.41) is 13.7. The predicted octanol–water partition coefficient (Wildman–Crippen LogP) is 3.44. The van der Waals surface area contributed by atoms with E-state index in [0.29, 0.717) is 12.5 Å². The maximum Gasteiger partial charge on any atom is 0.282 e. The Morgan fingerprint density at radius 3 is 2.65 bits per heavy atom. The Morgan fingerprint density at radius 1 is 1.45 bits per heavy atom. The van der Waals surface area contributed by atoms with Gasteiger partial charge in [-0.2, -0.15) is 0 Å². The Hall–Kier alpha value is -1.43. The molecule has 1 rings (SSSR count). The molecule has 0 fully saturated rings. The number of nitrogens with one attached hydrogen (secondary N) is 1. The maximum absolute atomic E-state index is 12.1. The molecule has 6 heteroatoms. The number of hydrogen-bond acceptors (Lipinski definition) is 3. The van der Waals surface area contributed by atoms with Crippen molar-refractivity contribution in [1.82, 2.24) is 5.32 Å². The smallest absolute Gasteiger partial charge is 0.282 e. The lowest BCUT2D eigenvalue weighted by Gasteiger charge is -2.13. The van der Waals surface area contributed by atoms with Gasteiger partial charge in [0.05, 0.1) is 4.92 Å². The Labute approximate surface area is 127 Å². The molecule has 0 aromatic heterocycles. The van der Waals surface area contributed by atoms with Gasteiger partial charge in [0, 0.05) is 17.4 Å². The van der Waals surface area contributed by atoms with Gasteiger partial charge < -0.3 is 5.32 Å². The van der Waals surface area contributed by atoms with Gasteiger partial charge in [-0.15, -0.1) is 0 Å². The molecule has 20 heavy (non-hydrogen) atoms. The summed E-state index contributed by atoms with van der Waals surface area (Å²) in [6.07, 6.45) is 0.927. The first kappa shape index (κ1) is 16.6. The van der Waals surface area contributed by atoms with Gasteiger partial charge in [-0.25, -0.2) is 0 Å². The zero-order valence-electron chi connectivity index (χ0n) is 11.9. The summed E-state index contributed by atoms with van der Waals surface area (Å²) in [6, 6.07) is 4.53. The molecule has 1 aromatic carbocycles. The Morgan fingerprint density at radius 2 is 2.10 bits per heavy atom. The van der Waals surface area contributed by atoms with Crippen molar-refractivity contribution < 1.29 is 9.72 Å². The first-order valence-corrected chi connectivity index (χ1v) is 7.40. The number of nitrogens with zero attached hydrogens (tertiary/aromatic N) is 1. The molecule has 1 unspecified atom stereocenters. The second-order valence-electron chi connectivity index (χ2n) is 5.21. The molecular weight excluding hydrogens is 324 g/mol. The first-order chi connectivity index (χ1) is 9.31. The van der Waals surface area contributed by atoms with Crippen molar-refractivity contribution in [2.24, 2.45) is 5.92 Å². The maximum atomic E-state index is 12.1. The molecule has 0 saturated carbocycles. The molecule has 0 aliphatic heterocycles. The molecule has 0 saturated heterocycles. The van der Waals surface area contributed by atoms with E-state index in [1.165, 1.54) is 6.07 Å². The van der Waals surface area contributed by atoms with E-state index in [4.69, 9.17) is 0 Å². The molecule has 110 valence electrons. The minimum atomic E-state index is -0.534. The summed E-state index contributed by atoms with van der Waals surface area (Å²) < 4.78 is 0. The average molecular weight is 343 g/mol. The summed E-state index contributed by atoms with van der Waals surface area (Å²) in [5.74, 6) is 0.109. The van der Waals surface area contributed by atoms with Crippen LogP contribution in [0.1, 0.15) is 36.2 Å². The predicted molar refractivity (Wildman–Crippen MR) is 82.3 cm³/mol. The van der Waals surface area contributed by atoms with Crippen molar-refractivity contribution in [3.63, 3.8) is 0 Å². The van der Waals surface area contributed by atoms with Crippen molar-refractivity contribution in [2.75, 3.05) is 6.54 Å². The monoisotopic (exact) mass is 342 g/mol. The number of alkyl halides is 1. The molecule has 0 radical (unpaired) electrons. The van der Waals surface area contributed by atoms with Crippen LogP contribution in [-0.4, -0.2) is 22.2 Å². The van der Waals surface area contributed by atoms with E-state index in [2.05, 4.69) is 35.1 Å². The standard InChI is InChI=1S/C14H19BrN2O3/c1-9(2)6-11(15)8-16-14(18)12-7-10(3)4-5-13(12)17(19)20/h4-5,7,9,11H,6,8H2,1-3H3,(H,16,18). The van der Waals surface area contributed by atoms with Crippen LogP contribution >= 0.6 is 15.9 Å². The van der Waals surface area contributed by atoms with Crippen molar-refractivity contribution in [3.8, 4) is 0 Å². The van der Waals surface area contributed by atoms with Gasteiger partial charge in [0.2, 0.25) is 0 Å². The summed E-state index contributed by atoms with van der Waals surface area (Å²) in [4.78, 5) is 22.6. The molecule has 1 atom stereocenters. The van der Waals surface area contributed by atoms with Crippen LogP contribution in [0.25, 0.3) is 0 Å². The van der Waals surface area contributed by atoms with E-state index in [0.717, 1.165) is 12.0 Å². The fraction of sp³-hybridized carbons (Fsp3) is 0.500. The minimum absolute atomic E-state index is 0.110. The third-order valence-electron chi connectivity index (χ3n) is 2.80.